The minimum atomic E-state index is -0.257. The highest BCUT2D eigenvalue weighted by Crippen LogP contribution is 2.32. The van der Waals surface area contributed by atoms with Gasteiger partial charge in [0, 0.05) is 5.69 Å². The first-order chi connectivity index (χ1) is 11.9. The zero-order valence-electron chi connectivity index (χ0n) is 14.5. The lowest BCUT2D eigenvalue weighted by Crippen LogP contribution is -2.33. The summed E-state index contributed by atoms with van der Waals surface area (Å²) in [6, 6.07) is 13.9. The van der Waals surface area contributed by atoms with Crippen LogP contribution in [-0.4, -0.2) is 22.7 Å². The topological polar surface area (TPSA) is 49.4 Å². The molecule has 1 fully saturated rings. The van der Waals surface area contributed by atoms with Gasteiger partial charge in [0.1, 0.15) is 0 Å². The number of thioether (sulfide) groups is 1. The molecule has 0 aromatic heterocycles. The number of carbonyl (C=O) groups is 2. The van der Waals surface area contributed by atoms with Gasteiger partial charge in [0.15, 0.2) is 0 Å². The molecular weight excluding hydrogens is 332 g/mol. The molecule has 1 heterocycles. The summed E-state index contributed by atoms with van der Waals surface area (Å²) in [5.41, 5.74) is 5.26. The minimum absolute atomic E-state index is 0.166. The van der Waals surface area contributed by atoms with E-state index in [0.717, 1.165) is 34.1 Å². The lowest BCUT2D eigenvalue weighted by atomic mass is 10.1. The second-order valence-electron chi connectivity index (χ2n) is 6.17. The van der Waals surface area contributed by atoms with Crippen LogP contribution in [0, 0.1) is 20.8 Å². The molecule has 0 saturated carbocycles. The van der Waals surface area contributed by atoms with Crippen molar-refractivity contribution in [2.45, 2.75) is 20.8 Å². The van der Waals surface area contributed by atoms with Gasteiger partial charge in [-0.25, -0.2) is 0 Å². The molecule has 128 valence electrons. The number of hydrogen-bond donors (Lipinski definition) is 1. The first-order valence-electron chi connectivity index (χ1n) is 8.07. The van der Waals surface area contributed by atoms with Crippen molar-refractivity contribution in [2.75, 3.05) is 12.0 Å². The van der Waals surface area contributed by atoms with E-state index in [4.69, 9.17) is 0 Å². The van der Waals surface area contributed by atoms with Crippen molar-refractivity contribution < 1.29 is 9.59 Å². The van der Waals surface area contributed by atoms with Gasteiger partial charge in [-0.15, -0.1) is 0 Å². The molecule has 5 heteroatoms. The van der Waals surface area contributed by atoms with Crippen LogP contribution in [0.3, 0.4) is 0 Å². The van der Waals surface area contributed by atoms with Crippen LogP contribution >= 0.6 is 11.8 Å². The molecule has 4 nitrogen and oxygen atoms in total. The van der Waals surface area contributed by atoms with E-state index < -0.39 is 0 Å². The number of aryl methyl sites for hydroxylation is 3. The predicted molar refractivity (Wildman–Crippen MR) is 103 cm³/mol. The smallest absolute Gasteiger partial charge is 0.295 e. The summed E-state index contributed by atoms with van der Waals surface area (Å²) in [7, 11) is 0. The Morgan fingerprint density at radius 1 is 1.00 bits per heavy atom. The first-order valence-corrected chi connectivity index (χ1v) is 8.89. The summed E-state index contributed by atoms with van der Waals surface area (Å²) >= 11 is 0.981. The van der Waals surface area contributed by atoms with Crippen molar-refractivity contribution in [3.8, 4) is 0 Å². The predicted octanol–water partition coefficient (Wildman–Crippen LogP) is 4.72. The van der Waals surface area contributed by atoms with Crippen LogP contribution < -0.4 is 5.32 Å². The van der Waals surface area contributed by atoms with E-state index in [2.05, 4.69) is 11.4 Å². The third kappa shape index (κ3) is 3.94. The molecular formula is C20H20N2O2S. The van der Waals surface area contributed by atoms with E-state index in [-0.39, 0.29) is 17.8 Å². The van der Waals surface area contributed by atoms with E-state index in [1.165, 1.54) is 10.5 Å². The SMILES string of the molecule is Cc1ccc(/C=C2/SC(=O)N(CNc3ccc(C)cc3C)C2=O)cc1. The van der Waals surface area contributed by atoms with Gasteiger partial charge >= 0.3 is 0 Å². The first kappa shape index (κ1) is 17.3. The van der Waals surface area contributed by atoms with Crippen LogP contribution in [0.2, 0.25) is 0 Å². The minimum Gasteiger partial charge on any atom is -0.367 e. The third-order valence-corrected chi connectivity index (χ3v) is 4.97. The summed E-state index contributed by atoms with van der Waals surface area (Å²) in [6.07, 6.45) is 1.77. The largest absolute Gasteiger partial charge is 0.367 e. The summed E-state index contributed by atoms with van der Waals surface area (Å²) in [6.45, 7) is 6.21. The number of benzene rings is 2. The van der Waals surface area contributed by atoms with Crippen molar-refractivity contribution in [1.82, 2.24) is 4.90 Å². The van der Waals surface area contributed by atoms with Crippen LogP contribution in [0.4, 0.5) is 10.5 Å². The van der Waals surface area contributed by atoms with E-state index >= 15 is 0 Å². The van der Waals surface area contributed by atoms with Crippen molar-refractivity contribution in [3.05, 3.63) is 69.6 Å². The Labute approximate surface area is 151 Å². The van der Waals surface area contributed by atoms with Gasteiger partial charge in [0.2, 0.25) is 0 Å². The fourth-order valence-corrected chi connectivity index (χ4v) is 3.46. The second kappa shape index (κ2) is 7.15. The Morgan fingerprint density at radius 3 is 2.36 bits per heavy atom. The molecule has 3 rings (SSSR count). The molecule has 1 saturated heterocycles. The van der Waals surface area contributed by atoms with Gasteiger partial charge < -0.3 is 5.32 Å². The number of imide groups is 1. The maximum Gasteiger partial charge on any atom is 0.295 e. The molecule has 2 amide bonds. The summed E-state index contributed by atoms with van der Waals surface area (Å²) in [5.74, 6) is -0.257. The number of nitrogens with one attached hydrogen (secondary N) is 1. The van der Waals surface area contributed by atoms with Gasteiger partial charge in [0.25, 0.3) is 11.1 Å². The Kier molecular flexibility index (Phi) is 4.95. The van der Waals surface area contributed by atoms with Crippen LogP contribution in [0.1, 0.15) is 22.3 Å². The van der Waals surface area contributed by atoms with E-state index in [1.807, 2.05) is 57.2 Å². The molecule has 1 aliphatic rings. The quantitative estimate of drug-likeness (QED) is 0.809. The molecule has 0 atom stereocenters. The highest BCUT2D eigenvalue weighted by Gasteiger charge is 2.34. The van der Waals surface area contributed by atoms with Gasteiger partial charge in [-0.05, 0) is 55.8 Å². The van der Waals surface area contributed by atoms with Crippen LogP contribution in [-0.2, 0) is 4.79 Å². The molecule has 2 aromatic rings. The zero-order valence-corrected chi connectivity index (χ0v) is 15.3. The highest BCUT2D eigenvalue weighted by atomic mass is 32.2. The number of carbonyl (C=O) groups excluding carboxylic acids is 2. The molecule has 0 spiro atoms. The normalized spacial score (nSPS) is 16.0. The fraction of sp³-hybridized carbons (Fsp3) is 0.200. The average Bonchev–Trinajstić information content (AvgIpc) is 2.83. The standard InChI is InChI=1S/C20H20N2O2S/c1-13-4-7-16(8-5-13)11-18-19(23)22(20(24)25-18)12-21-17-9-6-14(2)10-15(17)3/h4-11,21H,12H2,1-3H3/b18-11+. The van der Waals surface area contributed by atoms with Gasteiger partial charge in [-0.2, -0.15) is 0 Å². The molecule has 0 radical (unpaired) electrons. The Balaban J connectivity index is 1.72. The van der Waals surface area contributed by atoms with E-state index in [9.17, 15) is 9.59 Å². The van der Waals surface area contributed by atoms with Crippen LogP contribution in [0.25, 0.3) is 6.08 Å². The van der Waals surface area contributed by atoms with E-state index in [1.54, 1.807) is 6.08 Å². The van der Waals surface area contributed by atoms with Crippen LogP contribution in [0.15, 0.2) is 47.4 Å². The second-order valence-corrected chi connectivity index (χ2v) is 7.17. The van der Waals surface area contributed by atoms with Crippen molar-refractivity contribution in [2.24, 2.45) is 0 Å². The Hall–Kier alpha value is -2.53. The van der Waals surface area contributed by atoms with Gasteiger partial charge in [-0.3, -0.25) is 14.5 Å². The molecule has 0 unspecified atom stereocenters. The van der Waals surface area contributed by atoms with Crippen molar-refractivity contribution >= 4 is 34.7 Å². The molecule has 25 heavy (non-hydrogen) atoms. The maximum atomic E-state index is 12.5. The molecule has 1 N–H and O–H groups in total. The lowest BCUT2D eigenvalue weighted by Gasteiger charge is -2.16. The molecule has 2 aromatic carbocycles. The summed E-state index contributed by atoms with van der Waals surface area (Å²) in [5, 5.41) is 2.93. The highest BCUT2D eigenvalue weighted by molar-refractivity contribution is 8.18. The monoisotopic (exact) mass is 352 g/mol. The molecule has 1 aliphatic heterocycles. The Bertz CT molecular complexity index is 856. The fourth-order valence-electron chi connectivity index (χ4n) is 2.63. The average molecular weight is 352 g/mol. The Morgan fingerprint density at radius 2 is 1.68 bits per heavy atom. The number of rotatable bonds is 4. The summed E-state index contributed by atoms with van der Waals surface area (Å²) < 4.78 is 0. The molecule has 0 aliphatic carbocycles. The lowest BCUT2D eigenvalue weighted by molar-refractivity contribution is -0.122. The maximum absolute atomic E-state index is 12.5. The van der Waals surface area contributed by atoms with E-state index in [0.29, 0.717) is 4.91 Å². The molecule has 0 bridgehead atoms. The van der Waals surface area contributed by atoms with Crippen LogP contribution in [0.5, 0.6) is 0 Å². The van der Waals surface area contributed by atoms with Crippen molar-refractivity contribution in [3.63, 3.8) is 0 Å². The number of anilines is 1. The van der Waals surface area contributed by atoms with Gasteiger partial charge in [0.05, 0.1) is 11.6 Å². The number of amides is 2. The summed E-state index contributed by atoms with van der Waals surface area (Å²) in [4.78, 5) is 26.4. The zero-order chi connectivity index (χ0) is 18.0. The van der Waals surface area contributed by atoms with Crippen molar-refractivity contribution in [1.29, 1.82) is 0 Å². The number of nitrogens with zero attached hydrogens (tertiary/aromatic N) is 1. The van der Waals surface area contributed by atoms with Gasteiger partial charge in [-0.1, -0.05) is 47.5 Å². The number of hydrogen-bond acceptors (Lipinski definition) is 4. The third-order valence-electron chi connectivity index (χ3n) is 4.06.